The highest BCUT2D eigenvalue weighted by Gasteiger charge is 2.17. The van der Waals surface area contributed by atoms with Crippen LogP contribution in [0.25, 0.3) is 6.08 Å². The SMILES string of the molecule is CNC1CCN(CC(C)=Cc2ccccc2)CC1. The van der Waals surface area contributed by atoms with Gasteiger partial charge in [-0.25, -0.2) is 0 Å². The first kappa shape index (κ1) is 13.3. The normalized spacial score (nSPS) is 19.1. The largest absolute Gasteiger partial charge is 0.317 e. The molecule has 1 saturated heterocycles. The summed E-state index contributed by atoms with van der Waals surface area (Å²) in [7, 11) is 2.07. The maximum atomic E-state index is 3.38. The van der Waals surface area contributed by atoms with Gasteiger partial charge in [0, 0.05) is 12.6 Å². The van der Waals surface area contributed by atoms with Crippen molar-refractivity contribution in [3.63, 3.8) is 0 Å². The molecule has 1 aromatic rings. The maximum Gasteiger partial charge on any atom is 0.0193 e. The molecule has 18 heavy (non-hydrogen) atoms. The van der Waals surface area contributed by atoms with Crippen molar-refractivity contribution in [2.24, 2.45) is 0 Å². The van der Waals surface area contributed by atoms with E-state index >= 15 is 0 Å². The van der Waals surface area contributed by atoms with Gasteiger partial charge < -0.3 is 5.32 Å². The number of nitrogens with zero attached hydrogens (tertiary/aromatic N) is 1. The van der Waals surface area contributed by atoms with E-state index < -0.39 is 0 Å². The van der Waals surface area contributed by atoms with Crippen molar-refractivity contribution in [2.75, 3.05) is 26.7 Å². The molecule has 0 aliphatic carbocycles. The predicted octanol–water partition coefficient (Wildman–Crippen LogP) is 2.77. The van der Waals surface area contributed by atoms with E-state index in [1.165, 1.54) is 37.1 Å². The third-order valence-corrected chi connectivity index (χ3v) is 3.68. The summed E-state index contributed by atoms with van der Waals surface area (Å²) in [6, 6.07) is 11.3. The Morgan fingerprint density at radius 1 is 1.28 bits per heavy atom. The molecule has 1 aliphatic heterocycles. The van der Waals surface area contributed by atoms with Crippen LogP contribution < -0.4 is 5.32 Å². The lowest BCUT2D eigenvalue weighted by Crippen LogP contribution is -2.41. The van der Waals surface area contributed by atoms with Gasteiger partial charge in [0.05, 0.1) is 0 Å². The lowest BCUT2D eigenvalue weighted by atomic mass is 10.0. The average molecular weight is 244 g/mol. The zero-order valence-corrected chi connectivity index (χ0v) is 11.5. The van der Waals surface area contributed by atoms with Gasteiger partial charge in [-0.2, -0.15) is 0 Å². The molecule has 1 aromatic carbocycles. The number of rotatable bonds is 4. The molecule has 0 spiro atoms. The summed E-state index contributed by atoms with van der Waals surface area (Å²) in [5.74, 6) is 0. The molecule has 1 heterocycles. The fourth-order valence-corrected chi connectivity index (χ4v) is 2.61. The van der Waals surface area contributed by atoms with Crippen LogP contribution >= 0.6 is 0 Å². The first-order valence-electron chi connectivity index (χ1n) is 6.90. The first-order valence-corrected chi connectivity index (χ1v) is 6.90. The molecule has 0 atom stereocenters. The van der Waals surface area contributed by atoms with Gasteiger partial charge in [0.2, 0.25) is 0 Å². The van der Waals surface area contributed by atoms with Crippen LogP contribution in [0.4, 0.5) is 0 Å². The number of likely N-dealkylation sites (tertiary alicyclic amines) is 1. The van der Waals surface area contributed by atoms with Gasteiger partial charge in [-0.1, -0.05) is 42.0 Å². The zero-order chi connectivity index (χ0) is 12.8. The van der Waals surface area contributed by atoms with E-state index in [9.17, 15) is 0 Å². The van der Waals surface area contributed by atoms with Gasteiger partial charge in [-0.15, -0.1) is 0 Å². The topological polar surface area (TPSA) is 15.3 Å². The smallest absolute Gasteiger partial charge is 0.0193 e. The Labute approximate surface area is 111 Å². The Kier molecular flexibility index (Phi) is 4.97. The van der Waals surface area contributed by atoms with Crippen molar-refractivity contribution in [2.45, 2.75) is 25.8 Å². The van der Waals surface area contributed by atoms with E-state index in [2.05, 4.69) is 60.6 Å². The number of piperidine rings is 1. The number of hydrogen-bond acceptors (Lipinski definition) is 2. The minimum absolute atomic E-state index is 0.722. The Hall–Kier alpha value is -1.12. The first-order chi connectivity index (χ1) is 8.78. The molecule has 2 heteroatoms. The second-order valence-corrected chi connectivity index (χ2v) is 5.24. The summed E-state index contributed by atoms with van der Waals surface area (Å²) in [5, 5.41) is 3.38. The van der Waals surface area contributed by atoms with Gasteiger partial charge in [0.25, 0.3) is 0 Å². The standard InChI is InChI=1S/C16H24N2/c1-14(12-15-6-4-3-5-7-15)13-18-10-8-16(17-2)9-11-18/h3-7,12,16-17H,8-11,13H2,1-2H3. The van der Waals surface area contributed by atoms with Gasteiger partial charge >= 0.3 is 0 Å². The summed E-state index contributed by atoms with van der Waals surface area (Å²) in [5.41, 5.74) is 2.75. The van der Waals surface area contributed by atoms with E-state index in [0.29, 0.717) is 0 Å². The molecule has 98 valence electrons. The molecule has 2 nitrogen and oxygen atoms in total. The van der Waals surface area contributed by atoms with Crippen molar-refractivity contribution >= 4 is 6.08 Å². The highest BCUT2D eigenvalue weighted by molar-refractivity contribution is 5.52. The minimum atomic E-state index is 0.722. The highest BCUT2D eigenvalue weighted by atomic mass is 15.1. The van der Waals surface area contributed by atoms with Crippen molar-refractivity contribution in [3.05, 3.63) is 41.5 Å². The van der Waals surface area contributed by atoms with Crippen LogP contribution in [0.2, 0.25) is 0 Å². The van der Waals surface area contributed by atoms with E-state index in [1.54, 1.807) is 0 Å². The molecule has 0 amide bonds. The van der Waals surface area contributed by atoms with Crippen molar-refractivity contribution in [1.29, 1.82) is 0 Å². The van der Waals surface area contributed by atoms with E-state index in [4.69, 9.17) is 0 Å². The summed E-state index contributed by atoms with van der Waals surface area (Å²) in [4.78, 5) is 2.56. The number of nitrogens with one attached hydrogen (secondary N) is 1. The van der Waals surface area contributed by atoms with Crippen molar-refractivity contribution in [1.82, 2.24) is 10.2 Å². The summed E-state index contributed by atoms with van der Waals surface area (Å²) in [6.07, 6.45) is 4.84. The average Bonchev–Trinajstić information content (AvgIpc) is 2.40. The molecular formula is C16H24N2. The third-order valence-electron chi connectivity index (χ3n) is 3.68. The number of benzene rings is 1. The summed E-state index contributed by atoms with van der Waals surface area (Å²) in [6.45, 7) is 5.76. The minimum Gasteiger partial charge on any atom is -0.317 e. The van der Waals surface area contributed by atoms with Gasteiger partial charge in [0.1, 0.15) is 0 Å². The van der Waals surface area contributed by atoms with Crippen LogP contribution in [0, 0.1) is 0 Å². The third kappa shape index (κ3) is 3.97. The molecule has 2 rings (SSSR count). The Bertz CT molecular complexity index is 375. The van der Waals surface area contributed by atoms with E-state index in [1.807, 2.05) is 0 Å². The molecule has 0 saturated carbocycles. The Morgan fingerprint density at radius 2 is 1.94 bits per heavy atom. The second kappa shape index (κ2) is 6.72. The molecule has 0 bridgehead atoms. The fraction of sp³-hybridized carbons (Fsp3) is 0.500. The van der Waals surface area contributed by atoms with Crippen LogP contribution in [-0.4, -0.2) is 37.6 Å². The quantitative estimate of drug-likeness (QED) is 0.876. The summed E-state index contributed by atoms with van der Waals surface area (Å²) >= 11 is 0. The monoisotopic (exact) mass is 244 g/mol. The molecule has 0 unspecified atom stereocenters. The molecule has 0 radical (unpaired) electrons. The lowest BCUT2D eigenvalue weighted by molar-refractivity contribution is 0.216. The van der Waals surface area contributed by atoms with Crippen LogP contribution in [-0.2, 0) is 0 Å². The molecule has 1 N–H and O–H groups in total. The maximum absolute atomic E-state index is 3.38. The molecular weight excluding hydrogens is 220 g/mol. The van der Waals surface area contributed by atoms with Crippen LogP contribution in [0.1, 0.15) is 25.3 Å². The van der Waals surface area contributed by atoms with Crippen LogP contribution in [0.15, 0.2) is 35.9 Å². The summed E-state index contributed by atoms with van der Waals surface area (Å²) < 4.78 is 0. The van der Waals surface area contributed by atoms with Crippen molar-refractivity contribution < 1.29 is 0 Å². The van der Waals surface area contributed by atoms with Gasteiger partial charge in [0.15, 0.2) is 0 Å². The predicted molar refractivity (Wildman–Crippen MR) is 78.6 cm³/mol. The van der Waals surface area contributed by atoms with E-state index in [-0.39, 0.29) is 0 Å². The van der Waals surface area contributed by atoms with Crippen molar-refractivity contribution in [3.8, 4) is 0 Å². The Morgan fingerprint density at radius 3 is 2.56 bits per heavy atom. The second-order valence-electron chi connectivity index (χ2n) is 5.24. The number of hydrogen-bond donors (Lipinski definition) is 1. The molecule has 1 fully saturated rings. The van der Waals surface area contributed by atoms with Gasteiger partial charge in [-0.05, 0) is 45.5 Å². The zero-order valence-electron chi connectivity index (χ0n) is 11.5. The van der Waals surface area contributed by atoms with Crippen LogP contribution in [0.3, 0.4) is 0 Å². The van der Waals surface area contributed by atoms with Gasteiger partial charge in [-0.3, -0.25) is 4.90 Å². The molecule has 1 aliphatic rings. The Balaban J connectivity index is 1.85. The van der Waals surface area contributed by atoms with E-state index in [0.717, 1.165) is 12.6 Å². The van der Waals surface area contributed by atoms with Crippen LogP contribution in [0.5, 0.6) is 0 Å². The fourth-order valence-electron chi connectivity index (χ4n) is 2.61. The lowest BCUT2D eigenvalue weighted by Gasteiger charge is -2.31. The molecule has 0 aromatic heterocycles. The highest BCUT2D eigenvalue weighted by Crippen LogP contribution is 2.13.